The average molecular weight is 469 g/mol. The largest absolute Gasteiger partial charge is 0.454 e. The lowest BCUT2D eigenvalue weighted by atomic mass is 10.1. The number of hydrogen-bond acceptors (Lipinski definition) is 5. The van der Waals surface area contributed by atoms with Crippen molar-refractivity contribution in [1.82, 2.24) is 14.5 Å². The summed E-state index contributed by atoms with van der Waals surface area (Å²) in [4.78, 5) is 38.8. The van der Waals surface area contributed by atoms with Crippen LogP contribution in [0.5, 0.6) is 11.5 Å². The molecule has 1 amide bonds. The van der Waals surface area contributed by atoms with Crippen molar-refractivity contribution in [2.75, 3.05) is 6.79 Å². The molecule has 1 aliphatic rings. The number of amides is 1. The van der Waals surface area contributed by atoms with Crippen molar-refractivity contribution in [3.8, 4) is 11.5 Å². The van der Waals surface area contributed by atoms with Gasteiger partial charge in [-0.25, -0.2) is 4.79 Å². The van der Waals surface area contributed by atoms with Crippen LogP contribution in [-0.4, -0.2) is 21.8 Å². The van der Waals surface area contributed by atoms with Crippen molar-refractivity contribution in [3.63, 3.8) is 0 Å². The first-order valence-corrected chi connectivity index (χ1v) is 11.1. The van der Waals surface area contributed by atoms with E-state index in [1.54, 1.807) is 31.3 Å². The molecule has 2 heterocycles. The van der Waals surface area contributed by atoms with E-state index in [4.69, 9.17) is 9.47 Å². The van der Waals surface area contributed by atoms with Gasteiger partial charge in [-0.2, -0.15) is 0 Å². The molecular formula is C27H23N3O5. The Morgan fingerprint density at radius 1 is 1.00 bits per heavy atom. The van der Waals surface area contributed by atoms with E-state index in [1.165, 1.54) is 10.6 Å². The number of ether oxygens (including phenoxy) is 2. The second-order valence-electron chi connectivity index (χ2n) is 8.17. The summed E-state index contributed by atoms with van der Waals surface area (Å²) >= 11 is 0. The molecular weight excluding hydrogens is 446 g/mol. The molecule has 0 atom stereocenters. The van der Waals surface area contributed by atoms with Gasteiger partial charge in [-0.1, -0.05) is 48.6 Å². The molecule has 35 heavy (non-hydrogen) atoms. The lowest BCUT2D eigenvalue weighted by Crippen LogP contribution is -2.38. The predicted octanol–water partition coefficient (Wildman–Crippen LogP) is 3.07. The number of fused-ring (bicyclic) bond motifs is 2. The minimum absolute atomic E-state index is 0.122. The molecule has 0 spiro atoms. The molecule has 0 radical (unpaired) electrons. The van der Waals surface area contributed by atoms with Gasteiger partial charge in [-0.3, -0.25) is 18.7 Å². The highest BCUT2D eigenvalue weighted by Gasteiger charge is 2.15. The molecule has 0 saturated carbocycles. The van der Waals surface area contributed by atoms with Crippen molar-refractivity contribution >= 4 is 22.9 Å². The van der Waals surface area contributed by atoms with Gasteiger partial charge in [0.1, 0.15) is 0 Å². The Hall–Kier alpha value is -4.59. The fourth-order valence-electron chi connectivity index (χ4n) is 4.01. The fourth-order valence-corrected chi connectivity index (χ4v) is 4.01. The molecule has 3 aromatic carbocycles. The first-order chi connectivity index (χ1) is 17.0. The number of aromatic nitrogens is 2. The fraction of sp³-hybridized carbons (Fsp3) is 0.148. The molecule has 0 bridgehead atoms. The molecule has 1 aromatic heterocycles. The highest BCUT2D eigenvalue weighted by molar-refractivity contribution is 5.97. The number of carbonyl (C=O) groups is 1. The van der Waals surface area contributed by atoms with E-state index in [2.05, 4.69) is 5.32 Å². The van der Waals surface area contributed by atoms with Crippen LogP contribution in [0.3, 0.4) is 0 Å². The van der Waals surface area contributed by atoms with Crippen LogP contribution in [0.25, 0.3) is 17.0 Å². The van der Waals surface area contributed by atoms with Crippen LogP contribution in [0.2, 0.25) is 0 Å². The summed E-state index contributed by atoms with van der Waals surface area (Å²) in [7, 11) is 1.61. The first kappa shape index (κ1) is 22.2. The van der Waals surface area contributed by atoms with Crippen LogP contribution < -0.4 is 26.0 Å². The second kappa shape index (κ2) is 9.34. The summed E-state index contributed by atoms with van der Waals surface area (Å²) in [5, 5.41) is 3.16. The van der Waals surface area contributed by atoms with Gasteiger partial charge in [0.25, 0.3) is 11.5 Å². The summed E-state index contributed by atoms with van der Waals surface area (Å²) in [6, 6.07) is 19.9. The van der Waals surface area contributed by atoms with Crippen LogP contribution in [0.1, 0.15) is 21.5 Å². The van der Waals surface area contributed by atoms with E-state index >= 15 is 0 Å². The van der Waals surface area contributed by atoms with Crippen LogP contribution in [0.4, 0.5) is 0 Å². The van der Waals surface area contributed by atoms with E-state index < -0.39 is 11.2 Å². The van der Waals surface area contributed by atoms with Gasteiger partial charge >= 0.3 is 5.69 Å². The highest BCUT2D eigenvalue weighted by Crippen LogP contribution is 2.32. The number of nitrogens with one attached hydrogen (secondary N) is 1. The van der Waals surface area contributed by atoms with Crippen molar-refractivity contribution in [1.29, 1.82) is 0 Å². The molecule has 0 fully saturated rings. The van der Waals surface area contributed by atoms with Crippen molar-refractivity contribution in [2.24, 2.45) is 7.05 Å². The van der Waals surface area contributed by atoms with Gasteiger partial charge in [0.2, 0.25) is 6.79 Å². The van der Waals surface area contributed by atoms with Gasteiger partial charge in [0.15, 0.2) is 11.5 Å². The van der Waals surface area contributed by atoms with E-state index in [0.717, 1.165) is 15.7 Å². The summed E-state index contributed by atoms with van der Waals surface area (Å²) in [6.45, 7) is 0.594. The number of carbonyl (C=O) groups excluding carboxylic acids is 1. The van der Waals surface area contributed by atoms with E-state index in [9.17, 15) is 14.4 Å². The van der Waals surface area contributed by atoms with E-state index in [0.29, 0.717) is 28.0 Å². The minimum atomic E-state index is -0.439. The molecule has 1 N–H and O–H groups in total. The monoisotopic (exact) mass is 469 g/mol. The normalized spacial score (nSPS) is 12.4. The number of benzene rings is 3. The third-order valence-electron chi connectivity index (χ3n) is 5.90. The summed E-state index contributed by atoms with van der Waals surface area (Å²) in [5.41, 5.74) is 1.78. The Kier molecular flexibility index (Phi) is 5.93. The number of hydrogen-bond donors (Lipinski definition) is 1. The molecule has 176 valence electrons. The maximum absolute atomic E-state index is 13.2. The van der Waals surface area contributed by atoms with E-state index in [1.807, 2.05) is 48.5 Å². The molecule has 8 heteroatoms. The number of aryl methyl sites for hydroxylation is 1. The van der Waals surface area contributed by atoms with Crippen LogP contribution >= 0.6 is 0 Å². The summed E-state index contributed by atoms with van der Waals surface area (Å²) in [5.74, 6) is 0.994. The van der Waals surface area contributed by atoms with Gasteiger partial charge < -0.3 is 14.8 Å². The lowest BCUT2D eigenvalue weighted by Gasteiger charge is -2.11. The minimum Gasteiger partial charge on any atom is -0.454 e. The Morgan fingerprint density at radius 2 is 1.80 bits per heavy atom. The van der Waals surface area contributed by atoms with Gasteiger partial charge in [0.05, 0.1) is 10.9 Å². The zero-order chi connectivity index (χ0) is 24.4. The smallest absolute Gasteiger partial charge is 0.331 e. The van der Waals surface area contributed by atoms with Gasteiger partial charge in [0, 0.05) is 25.7 Å². The topological polar surface area (TPSA) is 91.6 Å². The highest BCUT2D eigenvalue weighted by atomic mass is 16.7. The van der Waals surface area contributed by atoms with Crippen molar-refractivity contribution in [2.45, 2.75) is 13.1 Å². The molecule has 4 aromatic rings. The van der Waals surface area contributed by atoms with Crippen molar-refractivity contribution in [3.05, 3.63) is 110 Å². The van der Waals surface area contributed by atoms with Crippen LogP contribution in [0, 0.1) is 0 Å². The van der Waals surface area contributed by atoms with Crippen LogP contribution in [0.15, 0.2) is 82.4 Å². The SMILES string of the molecule is Cn1c(=O)n(CC=Cc2ccccc2)c(=O)c2cc(C(=O)NCc3ccc4c(c3)OCO4)ccc21. The predicted molar refractivity (Wildman–Crippen MR) is 133 cm³/mol. The van der Waals surface area contributed by atoms with Crippen molar-refractivity contribution < 1.29 is 14.3 Å². The third-order valence-corrected chi connectivity index (χ3v) is 5.90. The Labute approximate surface area is 200 Å². The second-order valence-corrected chi connectivity index (χ2v) is 8.17. The zero-order valence-electron chi connectivity index (χ0n) is 19.1. The van der Waals surface area contributed by atoms with Crippen LogP contribution in [-0.2, 0) is 20.1 Å². The number of allylic oxidation sites excluding steroid dienone is 1. The van der Waals surface area contributed by atoms with Gasteiger partial charge in [-0.15, -0.1) is 0 Å². The average Bonchev–Trinajstić information content (AvgIpc) is 3.36. The number of nitrogens with zero attached hydrogens (tertiary/aromatic N) is 2. The standard InChI is InChI=1S/C27H23N3O5/c1-29-22-11-10-20(25(31)28-16-19-9-12-23-24(14-19)35-17-34-23)15-21(22)26(32)30(27(29)33)13-5-8-18-6-3-2-4-7-18/h2-12,14-15H,13,16-17H2,1H3,(H,28,31). The zero-order valence-corrected chi connectivity index (χ0v) is 19.1. The molecule has 8 nitrogen and oxygen atoms in total. The molecule has 5 rings (SSSR count). The summed E-state index contributed by atoms with van der Waals surface area (Å²) < 4.78 is 13.3. The number of rotatable bonds is 6. The van der Waals surface area contributed by atoms with E-state index in [-0.39, 0.29) is 25.8 Å². The first-order valence-electron chi connectivity index (χ1n) is 11.1. The maximum atomic E-state index is 13.2. The third kappa shape index (κ3) is 4.46. The quantitative estimate of drug-likeness (QED) is 0.469. The molecule has 0 aliphatic carbocycles. The molecule has 0 saturated heterocycles. The Bertz CT molecular complexity index is 1570. The Morgan fingerprint density at radius 3 is 2.63 bits per heavy atom. The lowest BCUT2D eigenvalue weighted by molar-refractivity contribution is 0.0951. The Balaban J connectivity index is 1.39. The summed E-state index contributed by atoms with van der Waals surface area (Å²) in [6.07, 6.45) is 3.63. The molecule has 1 aliphatic heterocycles. The van der Waals surface area contributed by atoms with Gasteiger partial charge in [-0.05, 0) is 41.5 Å². The maximum Gasteiger partial charge on any atom is 0.331 e. The molecule has 0 unspecified atom stereocenters.